The van der Waals surface area contributed by atoms with Crippen LogP contribution in [0.15, 0.2) is 12.1 Å². The molecular weight excluding hydrogens is 344 g/mol. The van der Waals surface area contributed by atoms with Gasteiger partial charge in [-0.15, -0.1) is 0 Å². The standard InChI is InChI=1S/C21H34N2O4/c1-25-18-12-20(26-2)19(21(13-18)27-3)15-22-9-10-23(16-6-4-5-7-16)17(14-22)8-11-24/h12-13,16-17,24H,4-11,14-15H2,1-3H3/t17-/m1/s1. The van der Waals surface area contributed by atoms with Gasteiger partial charge in [0.1, 0.15) is 17.2 Å². The molecule has 1 aliphatic carbocycles. The number of rotatable bonds is 8. The summed E-state index contributed by atoms with van der Waals surface area (Å²) in [6.45, 7) is 4.08. The fourth-order valence-electron chi connectivity index (χ4n) is 4.66. The molecular formula is C21H34N2O4. The molecule has 0 bridgehead atoms. The molecule has 1 atom stereocenters. The predicted octanol–water partition coefficient (Wildman–Crippen LogP) is 2.52. The van der Waals surface area contributed by atoms with Crippen molar-refractivity contribution in [3.63, 3.8) is 0 Å². The lowest BCUT2D eigenvalue weighted by atomic mass is 10.0. The number of aliphatic hydroxyl groups excluding tert-OH is 1. The van der Waals surface area contributed by atoms with Gasteiger partial charge >= 0.3 is 0 Å². The van der Waals surface area contributed by atoms with Crippen molar-refractivity contribution in [2.75, 3.05) is 47.6 Å². The van der Waals surface area contributed by atoms with Crippen molar-refractivity contribution in [3.8, 4) is 17.2 Å². The van der Waals surface area contributed by atoms with Gasteiger partial charge in [0.05, 0.1) is 26.9 Å². The van der Waals surface area contributed by atoms with E-state index in [4.69, 9.17) is 14.2 Å². The van der Waals surface area contributed by atoms with E-state index in [1.807, 2.05) is 12.1 Å². The number of benzene rings is 1. The normalized spacial score (nSPS) is 22.1. The van der Waals surface area contributed by atoms with Crippen LogP contribution in [0.5, 0.6) is 17.2 Å². The minimum absolute atomic E-state index is 0.247. The van der Waals surface area contributed by atoms with E-state index in [-0.39, 0.29) is 6.61 Å². The maximum atomic E-state index is 9.58. The van der Waals surface area contributed by atoms with Crippen molar-refractivity contribution in [2.24, 2.45) is 0 Å². The molecule has 27 heavy (non-hydrogen) atoms. The van der Waals surface area contributed by atoms with Crippen LogP contribution in [-0.2, 0) is 6.54 Å². The zero-order valence-electron chi connectivity index (χ0n) is 16.9. The summed E-state index contributed by atoms with van der Waals surface area (Å²) in [5, 5.41) is 9.58. The molecule has 1 heterocycles. The molecule has 1 N–H and O–H groups in total. The fourth-order valence-corrected chi connectivity index (χ4v) is 4.66. The van der Waals surface area contributed by atoms with Crippen LogP contribution in [0.25, 0.3) is 0 Å². The molecule has 1 aliphatic heterocycles. The second kappa shape index (κ2) is 9.62. The second-order valence-electron chi connectivity index (χ2n) is 7.59. The fraction of sp³-hybridized carbons (Fsp3) is 0.714. The number of nitrogens with zero attached hydrogens (tertiary/aromatic N) is 2. The average Bonchev–Trinajstić information content (AvgIpc) is 3.23. The Morgan fingerprint density at radius 3 is 2.22 bits per heavy atom. The van der Waals surface area contributed by atoms with Gasteiger partial charge in [0.2, 0.25) is 0 Å². The third-order valence-electron chi connectivity index (χ3n) is 6.07. The molecule has 3 rings (SSSR count). The lowest BCUT2D eigenvalue weighted by Gasteiger charge is -2.44. The SMILES string of the molecule is COc1cc(OC)c(CN2CCN(C3CCCC3)[C@H](CCO)C2)c(OC)c1. The quantitative estimate of drug-likeness (QED) is 0.750. The van der Waals surface area contributed by atoms with Crippen LogP contribution in [0.1, 0.15) is 37.7 Å². The third-order valence-corrected chi connectivity index (χ3v) is 6.07. The number of hydrogen-bond acceptors (Lipinski definition) is 6. The van der Waals surface area contributed by atoms with E-state index in [9.17, 15) is 5.11 Å². The van der Waals surface area contributed by atoms with Crippen LogP contribution >= 0.6 is 0 Å². The zero-order chi connectivity index (χ0) is 19.2. The highest BCUT2D eigenvalue weighted by Gasteiger charge is 2.33. The van der Waals surface area contributed by atoms with Gasteiger partial charge in [0, 0.05) is 57.0 Å². The first-order valence-corrected chi connectivity index (χ1v) is 10.1. The molecule has 0 aromatic heterocycles. The first kappa shape index (κ1) is 20.2. The number of hydrogen-bond donors (Lipinski definition) is 1. The van der Waals surface area contributed by atoms with E-state index < -0.39 is 0 Å². The largest absolute Gasteiger partial charge is 0.496 e. The molecule has 6 nitrogen and oxygen atoms in total. The smallest absolute Gasteiger partial charge is 0.130 e. The highest BCUT2D eigenvalue weighted by Crippen LogP contribution is 2.36. The van der Waals surface area contributed by atoms with E-state index in [0.717, 1.165) is 55.4 Å². The summed E-state index contributed by atoms with van der Waals surface area (Å²) in [4.78, 5) is 5.11. The highest BCUT2D eigenvalue weighted by atomic mass is 16.5. The Morgan fingerprint density at radius 2 is 1.67 bits per heavy atom. The van der Waals surface area contributed by atoms with Gasteiger partial charge < -0.3 is 19.3 Å². The molecule has 6 heteroatoms. The van der Waals surface area contributed by atoms with E-state index >= 15 is 0 Å². The average molecular weight is 379 g/mol. The molecule has 0 unspecified atom stereocenters. The van der Waals surface area contributed by atoms with Crippen LogP contribution in [-0.4, -0.2) is 74.6 Å². The van der Waals surface area contributed by atoms with Crippen molar-refractivity contribution in [1.29, 1.82) is 0 Å². The van der Waals surface area contributed by atoms with Gasteiger partial charge in [-0.1, -0.05) is 12.8 Å². The highest BCUT2D eigenvalue weighted by molar-refractivity contribution is 5.50. The van der Waals surface area contributed by atoms with E-state index in [2.05, 4.69) is 9.80 Å². The van der Waals surface area contributed by atoms with Crippen molar-refractivity contribution in [3.05, 3.63) is 17.7 Å². The molecule has 1 aromatic carbocycles. The van der Waals surface area contributed by atoms with Crippen molar-refractivity contribution in [1.82, 2.24) is 9.80 Å². The van der Waals surface area contributed by atoms with Crippen LogP contribution < -0.4 is 14.2 Å². The minimum Gasteiger partial charge on any atom is -0.496 e. The van der Waals surface area contributed by atoms with Crippen LogP contribution in [0.2, 0.25) is 0 Å². The Hall–Kier alpha value is -1.50. The number of ether oxygens (including phenoxy) is 3. The summed E-state index contributed by atoms with van der Waals surface area (Å²) in [6.07, 6.45) is 6.14. The van der Waals surface area contributed by atoms with Gasteiger partial charge in [-0.2, -0.15) is 0 Å². The monoisotopic (exact) mass is 378 g/mol. The summed E-state index contributed by atoms with van der Waals surface area (Å²) in [5.74, 6) is 2.32. The van der Waals surface area contributed by atoms with Crippen LogP contribution in [0.4, 0.5) is 0 Å². The van der Waals surface area contributed by atoms with Crippen LogP contribution in [0.3, 0.4) is 0 Å². The van der Waals surface area contributed by atoms with Crippen molar-refractivity contribution < 1.29 is 19.3 Å². The number of methoxy groups -OCH3 is 3. The predicted molar refractivity (Wildman–Crippen MR) is 106 cm³/mol. The summed E-state index contributed by atoms with van der Waals surface area (Å²) >= 11 is 0. The van der Waals surface area contributed by atoms with E-state index in [0.29, 0.717) is 12.1 Å². The molecule has 0 amide bonds. The van der Waals surface area contributed by atoms with Crippen molar-refractivity contribution in [2.45, 2.75) is 50.7 Å². The van der Waals surface area contributed by atoms with E-state index in [1.54, 1.807) is 21.3 Å². The van der Waals surface area contributed by atoms with Gasteiger partial charge in [0.15, 0.2) is 0 Å². The third kappa shape index (κ3) is 4.68. The minimum atomic E-state index is 0.247. The summed E-state index contributed by atoms with van der Waals surface area (Å²) in [5.41, 5.74) is 1.05. The van der Waals surface area contributed by atoms with Crippen LogP contribution in [0, 0.1) is 0 Å². The molecule has 152 valence electrons. The summed E-state index contributed by atoms with van der Waals surface area (Å²) < 4.78 is 16.6. The first-order chi connectivity index (χ1) is 13.2. The Balaban J connectivity index is 1.74. The Bertz CT molecular complexity index is 579. The van der Waals surface area contributed by atoms with Gasteiger partial charge in [-0.3, -0.25) is 9.80 Å². The first-order valence-electron chi connectivity index (χ1n) is 10.1. The molecule has 0 radical (unpaired) electrons. The maximum absolute atomic E-state index is 9.58. The number of piperazine rings is 1. The summed E-state index contributed by atoms with van der Waals surface area (Å²) in [7, 11) is 5.02. The molecule has 2 fully saturated rings. The molecule has 0 spiro atoms. The number of aliphatic hydroxyl groups is 1. The Labute approximate surface area is 163 Å². The lowest BCUT2D eigenvalue weighted by molar-refractivity contribution is 0.0262. The van der Waals surface area contributed by atoms with Gasteiger partial charge in [0.25, 0.3) is 0 Å². The molecule has 1 aromatic rings. The summed E-state index contributed by atoms with van der Waals surface area (Å²) in [6, 6.07) is 4.95. The Morgan fingerprint density at radius 1 is 1.00 bits per heavy atom. The molecule has 2 aliphatic rings. The van der Waals surface area contributed by atoms with Gasteiger partial charge in [-0.05, 0) is 19.3 Å². The maximum Gasteiger partial charge on any atom is 0.130 e. The molecule has 1 saturated carbocycles. The van der Waals surface area contributed by atoms with Crippen molar-refractivity contribution >= 4 is 0 Å². The zero-order valence-corrected chi connectivity index (χ0v) is 16.9. The van der Waals surface area contributed by atoms with Gasteiger partial charge in [-0.25, -0.2) is 0 Å². The second-order valence-corrected chi connectivity index (χ2v) is 7.59. The Kier molecular flexibility index (Phi) is 7.21. The van der Waals surface area contributed by atoms with E-state index in [1.165, 1.54) is 25.7 Å². The lowest BCUT2D eigenvalue weighted by Crippen LogP contribution is -2.56. The topological polar surface area (TPSA) is 54.4 Å². The molecule has 1 saturated heterocycles.